The van der Waals surface area contributed by atoms with Gasteiger partial charge < -0.3 is 14.6 Å². The number of halogens is 3. The quantitative estimate of drug-likeness (QED) is 0.501. The van der Waals surface area contributed by atoms with Gasteiger partial charge in [0.25, 0.3) is 5.91 Å². The monoisotopic (exact) mass is 458 g/mol. The lowest BCUT2D eigenvalue weighted by atomic mass is 10.1. The highest BCUT2D eigenvalue weighted by molar-refractivity contribution is 5.95. The summed E-state index contributed by atoms with van der Waals surface area (Å²) in [6.45, 7) is 3.89. The summed E-state index contributed by atoms with van der Waals surface area (Å²) in [5.41, 5.74) is 0.931. The van der Waals surface area contributed by atoms with Crippen LogP contribution in [0.3, 0.4) is 0 Å². The van der Waals surface area contributed by atoms with E-state index >= 15 is 0 Å². The van der Waals surface area contributed by atoms with Crippen LogP contribution in [0, 0.1) is 13.8 Å². The number of benzene rings is 2. The number of nitrogens with one attached hydrogen (secondary N) is 1. The van der Waals surface area contributed by atoms with Crippen LogP contribution in [0.4, 0.5) is 13.2 Å². The number of hydrogen-bond donors (Lipinski definition) is 1. The number of aryl methyl sites for hydroxylation is 2. The van der Waals surface area contributed by atoms with Gasteiger partial charge in [-0.2, -0.15) is 13.2 Å². The van der Waals surface area contributed by atoms with Crippen LogP contribution in [0.2, 0.25) is 0 Å². The van der Waals surface area contributed by atoms with Crippen molar-refractivity contribution in [2.24, 2.45) is 0 Å². The van der Waals surface area contributed by atoms with Crippen molar-refractivity contribution in [1.29, 1.82) is 0 Å². The van der Waals surface area contributed by atoms with E-state index in [2.05, 4.69) is 5.32 Å². The summed E-state index contributed by atoms with van der Waals surface area (Å²) in [6.07, 6.45) is -4.44. The molecule has 0 spiro atoms. The van der Waals surface area contributed by atoms with Gasteiger partial charge in [-0.3, -0.25) is 9.59 Å². The molecule has 1 N–H and O–H groups in total. The van der Waals surface area contributed by atoms with Crippen molar-refractivity contribution in [1.82, 2.24) is 10.2 Å². The molecule has 0 aliphatic heterocycles. The van der Waals surface area contributed by atoms with Gasteiger partial charge in [0.15, 0.2) is 0 Å². The predicted molar refractivity (Wildman–Crippen MR) is 117 cm³/mol. The van der Waals surface area contributed by atoms with Crippen molar-refractivity contribution in [3.63, 3.8) is 0 Å². The van der Waals surface area contributed by atoms with E-state index in [-0.39, 0.29) is 31.3 Å². The van der Waals surface area contributed by atoms with E-state index in [1.165, 1.54) is 12.1 Å². The molecule has 1 heterocycles. The molecule has 0 radical (unpaired) electrons. The largest absolute Gasteiger partial charge is 0.466 e. The van der Waals surface area contributed by atoms with Crippen LogP contribution in [0.1, 0.15) is 45.0 Å². The molecule has 0 atom stereocenters. The van der Waals surface area contributed by atoms with Gasteiger partial charge in [-0.1, -0.05) is 42.5 Å². The van der Waals surface area contributed by atoms with Crippen molar-refractivity contribution in [2.45, 2.75) is 39.5 Å². The Morgan fingerprint density at radius 1 is 0.970 bits per heavy atom. The second kappa shape index (κ2) is 10.4. The number of furan rings is 1. The fourth-order valence-electron chi connectivity index (χ4n) is 3.45. The Bertz CT molecular complexity index is 1110. The molecule has 0 aliphatic rings. The molecule has 0 unspecified atom stereocenters. The topological polar surface area (TPSA) is 62.6 Å². The van der Waals surface area contributed by atoms with Gasteiger partial charge in [-0.15, -0.1) is 0 Å². The van der Waals surface area contributed by atoms with Crippen molar-refractivity contribution < 1.29 is 27.2 Å². The molecule has 8 heteroatoms. The average Bonchev–Trinajstić information content (AvgIpc) is 3.12. The molecule has 3 aromatic rings. The first kappa shape index (κ1) is 24.1. The van der Waals surface area contributed by atoms with E-state index in [1.807, 2.05) is 30.3 Å². The molecule has 33 heavy (non-hydrogen) atoms. The highest BCUT2D eigenvalue weighted by atomic mass is 19.4. The number of alkyl halides is 3. The SMILES string of the molecule is Cc1cc(C(=O)N(CCC(=O)NCc2cccc(C(F)(F)F)c2)Cc2ccccc2)c(C)o1. The Morgan fingerprint density at radius 3 is 2.30 bits per heavy atom. The fraction of sp³-hybridized carbons (Fsp3) is 0.280. The first-order valence-corrected chi connectivity index (χ1v) is 10.5. The molecular formula is C25H25F3N2O3. The summed E-state index contributed by atoms with van der Waals surface area (Å²) in [6, 6.07) is 15.9. The normalized spacial score (nSPS) is 11.3. The van der Waals surface area contributed by atoms with Crippen LogP contribution in [0.5, 0.6) is 0 Å². The van der Waals surface area contributed by atoms with Crippen molar-refractivity contribution in [2.75, 3.05) is 6.54 Å². The zero-order valence-electron chi connectivity index (χ0n) is 18.4. The van der Waals surface area contributed by atoms with Gasteiger partial charge in [0.05, 0.1) is 11.1 Å². The highest BCUT2D eigenvalue weighted by Gasteiger charge is 2.30. The summed E-state index contributed by atoms with van der Waals surface area (Å²) >= 11 is 0. The molecule has 0 saturated heterocycles. The van der Waals surface area contributed by atoms with Crippen LogP contribution in [0.15, 0.2) is 65.1 Å². The van der Waals surface area contributed by atoms with E-state index < -0.39 is 11.7 Å². The molecular weight excluding hydrogens is 433 g/mol. The summed E-state index contributed by atoms with van der Waals surface area (Å²) in [4.78, 5) is 27.1. The van der Waals surface area contributed by atoms with E-state index in [9.17, 15) is 22.8 Å². The predicted octanol–water partition coefficient (Wildman–Crippen LogP) is 5.26. The number of nitrogens with zero attached hydrogens (tertiary/aromatic N) is 1. The van der Waals surface area contributed by atoms with Crippen LogP contribution < -0.4 is 5.32 Å². The molecule has 0 aliphatic carbocycles. The maximum absolute atomic E-state index is 13.1. The first-order chi connectivity index (χ1) is 15.6. The van der Waals surface area contributed by atoms with Crippen molar-refractivity contribution in [3.8, 4) is 0 Å². The molecule has 0 saturated carbocycles. The molecule has 0 bridgehead atoms. The Labute approximate surface area is 190 Å². The fourth-order valence-corrected chi connectivity index (χ4v) is 3.45. The highest BCUT2D eigenvalue weighted by Crippen LogP contribution is 2.29. The Hall–Kier alpha value is -3.55. The van der Waals surface area contributed by atoms with Gasteiger partial charge in [0.1, 0.15) is 11.5 Å². The number of hydrogen-bond acceptors (Lipinski definition) is 3. The maximum Gasteiger partial charge on any atom is 0.416 e. The lowest BCUT2D eigenvalue weighted by Gasteiger charge is -2.22. The lowest BCUT2D eigenvalue weighted by Crippen LogP contribution is -2.35. The molecule has 0 fully saturated rings. The van der Waals surface area contributed by atoms with E-state index in [0.717, 1.165) is 17.7 Å². The van der Waals surface area contributed by atoms with Crippen molar-refractivity contribution in [3.05, 3.63) is 94.4 Å². The molecule has 2 amide bonds. The van der Waals surface area contributed by atoms with E-state index in [4.69, 9.17) is 4.42 Å². The maximum atomic E-state index is 13.1. The van der Waals surface area contributed by atoms with Crippen molar-refractivity contribution >= 4 is 11.8 Å². The number of rotatable bonds is 8. The Morgan fingerprint density at radius 2 is 1.67 bits per heavy atom. The summed E-state index contributed by atoms with van der Waals surface area (Å²) in [5.74, 6) is 0.510. The standard InChI is InChI=1S/C25H25F3N2O3/c1-17-13-22(18(2)33-17)24(32)30(16-19-7-4-3-5-8-19)12-11-23(31)29-15-20-9-6-10-21(14-20)25(26,27)28/h3-10,13-14H,11-12,15-16H2,1-2H3,(H,29,31). The second-order valence-electron chi connectivity index (χ2n) is 7.76. The van der Waals surface area contributed by atoms with Gasteiger partial charge in [0.2, 0.25) is 5.91 Å². The minimum atomic E-state index is -4.44. The number of carbonyl (C=O) groups is 2. The van der Waals surface area contributed by atoms with Gasteiger partial charge >= 0.3 is 6.18 Å². The molecule has 174 valence electrons. The van der Waals surface area contributed by atoms with Gasteiger partial charge in [-0.05, 0) is 43.2 Å². The molecule has 3 rings (SSSR count). The van der Waals surface area contributed by atoms with Crippen LogP contribution in [-0.2, 0) is 24.1 Å². The number of carbonyl (C=O) groups excluding carboxylic acids is 2. The first-order valence-electron chi connectivity index (χ1n) is 10.5. The minimum Gasteiger partial charge on any atom is -0.466 e. The zero-order chi connectivity index (χ0) is 24.0. The lowest BCUT2D eigenvalue weighted by molar-refractivity contribution is -0.137. The van der Waals surface area contributed by atoms with E-state index in [1.54, 1.807) is 24.8 Å². The third kappa shape index (κ3) is 6.71. The summed E-state index contributed by atoms with van der Waals surface area (Å²) in [5, 5.41) is 2.63. The van der Waals surface area contributed by atoms with Crippen LogP contribution in [-0.4, -0.2) is 23.3 Å². The van der Waals surface area contributed by atoms with Crippen LogP contribution >= 0.6 is 0 Å². The Kier molecular flexibility index (Phi) is 7.58. The molecule has 1 aromatic heterocycles. The molecule has 5 nitrogen and oxygen atoms in total. The smallest absolute Gasteiger partial charge is 0.416 e. The minimum absolute atomic E-state index is 0.00736. The third-order valence-electron chi connectivity index (χ3n) is 5.13. The average molecular weight is 458 g/mol. The van der Waals surface area contributed by atoms with Gasteiger partial charge in [0, 0.05) is 26.1 Å². The van der Waals surface area contributed by atoms with E-state index in [0.29, 0.717) is 29.2 Å². The third-order valence-corrected chi connectivity index (χ3v) is 5.13. The van der Waals surface area contributed by atoms with Crippen LogP contribution in [0.25, 0.3) is 0 Å². The number of amides is 2. The second-order valence-corrected chi connectivity index (χ2v) is 7.76. The zero-order valence-corrected chi connectivity index (χ0v) is 18.4. The van der Waals surface area contributed by atoms with Gasteiger partial charge in [-0.25, -0.2) is 0 Å². The summed E-state index contributed by atoms with van der Waals surface area (Å²) in [7, 11) is 0. The molecule has 2 aromatic carbocycles. The summed E-state index contributed by atoms with van der Waals surface area (Å²) < 4.78 is 44.1. The Balaban J connectivity index is 1.64.